The monoisotopic (exact) mass is 495 g/mol. The summed E-state index contributed by atoms with van der Waals surface area (Å²) in [6.45, 7) is 12.4. The summed E-state index contributed by atoms with van der Waals surface area (Å²) in [6.07, 6.45) is 7.10. The van der Waals surface area contributed by atoms with Gasteiger partial charge in [-0.15, -0.1) is 0 Å². The van der Waals surface area contributed by atoms with Gasteiger partial charge in [-0.3, -0.25) is 9.98 Å². The van der Waals surface area contributed by atoms with Crippen molar-refractivity contribution in [2.45, 2.75) is 59.9 Å². The summed E-state index contributed by atoms with van der Waals surface area (Å²) in [5.41, 5.74) is 4.13. The highest BCUT2D eigenvalue weighted by Gasteiger charge is 2.17. The van der Waals surface area contributed by atoms with Gasteiger partial charge in [0, 0.05) is 18.8 Å². The Bertz CT molecular complexity index is 1020. The summed E-state index contributed by atoms with van der Waals surface area (Å²) in [6, 6.07) is 13.0. The van der Waals surface area contributed by atoms with Crippen LogP contribution in [0.5, 0.6) is 5.75 Å². The lowest BCUT2D eigenvalue weighted by Crippen LogP contribution is -2.32. The second kappa shape index (κ2) is 15.6. The number of benzene rings is 2. The van der Waals surface area contributed by atoms with E-state index in [0.29, 0.717) is 12.7 Å². The molecule has 0 saturated carbocycles. The number of hydrogen-bond donors (Lipinski definition) is 2. The molecular weight excluding hydrogens is 453 g/mol. The average Bonchev–Trinajstić information content (AvgIpc) is 2.93. The molecule has 0 amide bonds. The zero-order valence-electron chi connectivity index (χ0n) is 22.6. The van der Waals surface area contributed by atoms with Crippen LogP contribution in [-0.4, -0.2) is 45.1 Å². The van der Waals surface area contributed by atoms with Crippen molar-refractivity contribution in [3.63, 3.8) is 0 Å². The van der Waals surface area contributed by atoms with Gasteiger partial charge in [0.1, 0.15) is 17.4 Å². The summed E-state index contributed by atoms with van der Waals surface area (Å²) in [7, 11) is 1.70. The van der Waals surface area contributed by atoms with Gasteiger partial charge in [0.25, 0.3) is 0 Å². The van der Waals surface area contributed by atoms with Gasteiger partial charge in [0.05, 0.1) is 31.8 Å². The summed E-state index contributed by atoms with van der Waals surface area (Å²) >= 11 is 0. The highest BCUT2D eigenvalue weighted by atomic mass is 19.1. The molecule has 2 aromatic carbocycles. The number of ether oxygens (including phenoxy) is 1. The molecule has 1 atom stereocenters. The molecule has 0 aliphatic carbocycles. The molecule has 0 bridgehead atoms. The second-order valence-corrected chi connectivity index (χ2v) is 8.07. The SMILES string of the molecule is CC.CC.COc1cc(/C=C2\CCCN=C2NCNc2ccc(F)cc2)ccc1N1C=NC(C)CC1. The third kappa shape index (κ3) is 8.40. The molecule has 2 aliphatic heterocycles. The van der Waals surface area contributed by atoms with Crippen molar-refractivity contribution in [3.05, 3.63) is 59.4 Å². The van der Waals surface area contributed by atoms with Gasteiger partial charge >= 0.3 is 0 Å². The average molecular weight is 496 g/mol. The maximum absolute atomic E-state index is 13.1. The highest BCUT2D eigenvalue weighted by Crippen LogP contribution is 2.31. The van der Waals surface area contributed by atoms with E-state index in [0.717, 1.165) is 60.9 Å². The van der Waals surface area contributed by atoms with Crippen LogP contribution < -0.4 is 20.3 Å². The van der Waals surface area contributed by atoms with Gasteiger partial charge in [-0.25, -0.2) is 4.39 Å². The first-order chi connectivity index (χ1) is 17.6. The quantitative estimate of drug-likeness (QED) is 0.435. The van der Waals surface area contributed by atoms with E-state index in [-0.39, 0.29) is 5.82 Å². The van der Waals surface area contributed by atoms with Gasteiger partial charge in [-0.05, 0) is 79.8 Å². The molecule has 2 aromatic rings. The normalized spacial score (nSPS) is 17.8. The summed E-state index contributed by atoms with van der Waals surface area (Å²) < 4.78 is 18.8. The molecule has 0 spiro atoms. The molecule has 2 N–H and O–H groups in total. The summed E-state index contributed by atoms with van der Waals surface area (Å²) in [5.74, 6) is 1.49. The third-order valence-corrected chi connectivity index (χ3v) is 5.67. The van der Waals surface area contributed by atoms with Crippen LogP contribution in [-0.2, 0) is 0 Å². The van der Waals surface area contributed by atoms with E-state index in [1.54, 1.807) is 19.2 Å². The molecule has 2 aliphatic rings. The molecule has 0 saturated heterocycles. The largest absolute Gasteiger partial charge is 0.495 e. The minimum absolute atomic E-state index is 0.242. The minimum atomic E-state index is -0.242. The lowest BCUT2D eigenvalue weighted by molar-refractivity contribution is 0.415. The number of anilines is 2. The number of halogens is 1. The van der Waals surface area contributed by atoms with Gasteiger partial charge < -0.3 is 20.3 Å². The first-order valence-electron chi connectivity index (χ1n) is 13.1. The Kier molecular flexibility index (Phi) is 12.5. The summed E-state index contributed by atoms with van der Waals surface area (Å²) in [5, 5.41) is 6.62. The van der Waals surface area contributed by atoms with E-state index in [4.69, 9.17) is 4.74 Å². The van der Waals surface area contributed by atoms with Crippen LogP contribution >= 0.6 is 0 Å². The molecular formula is C29H42FN5O. The van der Waals surface area contributed by atoms with E-state index >= 15 is 0 Å². The molecule has 0 fully saturated rings. The number of aliphatic imine (C=N–C) groups is 2. The van der Waals surface area contributed by atoms with Gasteiger partial charge in [0.2, 0.25) is 0 Å². The Balaban J connectivity index is 0.00000109. The molecule has 2 heterocycles. The van der Waals surface area contributed by atoms with Crippen molar-refractivity contribution < 1.29 is 9.13 Å². The summed E-state index contributed by atoms with van der Waals surface area (Å²) in [4.78, 5) is 11.3. The maximum atomic E-state index is 13.1. The van der Waals surface area contributed by atoms with Crippen LogP contribution in [0.15, 0.2) is 58.0 Å². The molecule has 196 valence electrons. The Hall–Kier alpha value is -3.35. The van der Waals surface area contributed by atoms with E-state index in [1.165, 1.54) is 17.7 Å². The predicted octanol–water partition coefficient (Wildman–Crippen LogP) is 6.75. The van der Waals surface area contributed by atoms with Crippen LogP contribution in [0, 0.1) is 5.82 Å². The Morgan fingerprint density at radius 2 is 1.83 bits per heavy atom. The lowest BCUT2D eigenvalue weighted by Gasteiger charge is -2.27. The van der Waals surface area contributed by atoms with Crippen molar-refractivity contribution >= 4 is 29.6 Å². The Morgan fingerprint density at radius 1 is 1.08 bits per heavy atom. The predicted molar refractivity (Wildman–Crippen MR) is 153 cm³/mol. The minimum Gasteiger partial charge on any atom is -0.495 e. The van der Waals surface area contributed by atoms with Crippen molar-refractivity contribution in [1.82, 2.24) is 5.32 Å². The standard InChI is InChI=1S/C25H30FN5O.2C2H6/c1-18-11-13-31(17-30-18)23-10-5-19(15-24(23)32-2)14-20-4-3-12-27-25(20)29-16-28-22-8-6-21(26)7-9-22;2*1-2/h5-10,14-15,17-18,28H,3-4,11-13,16H2,1-2H3,(H,27,29);2*1-2H3/b20-14+;;. The maximum Gasteiger partial charge on any atom is 0.143 e. The van der Waals surface area contributed by atoms with E-state index in [9.17, 15) is 4.39 Å². The molecule has 7 heteroatoms. The molecule has 6 nitrogen and oxygen atoms in total. The van der Waals surface area contributed by atoms with E-state index in [2.05, 4.69) is 56.7 Å². The smallest absolute Gasteiger partial charge is 0.143 e. The molecule has 1 unspecified atom stereocenters. The van der Waals surface area contributed by atoms with Crippen LogP contribution in [0.25, 0.3) is 6.08 Å². The number of rotatable bonds is 6. The first kappa shape index (κ1) is 28.9. The number of methoxy groups -OCH3 is 1. The van der Waals surface area contributed by atoms with Crippen molar-refractivity contribution in [2.75, 3.05) is 37.1 Å². The topological polar surface area (TPSA) is 61.2 Å². The zero-order valence-corrected chi connectivity index (χ0v) is 22.6. The van der Waals surface area contributed by atoms with Crippen LogP contribution in [0.2, 0.25) is 0 Å². The Morgan fingerprint density at radius 3 is 2.50 bits per heavy atom. The van der Waals surface area contributed by atoms with E-state index < -0.39 is 0 Å². The fourth-order valence-corrected chi connectivity index (χ4v) is 3.85. The van der Waals surface area contributed by atoms with Crippen molar-refractivity contribution in [3.8, 4) is 5.75 Å². The first-order valence-corrected chi connectivity index (χ1v) is 13.1. The Labute approximate surface area is 216 Å². The molecule has 4 rings (SSSR count). The highest BCUT2D eigenvalue weighted by molar-refractivity contribution is 6.02. The van der Waals surface area contributed by atoms with Crippen LogP contribution in [0.4, 0.5) is 15.8 Å². The number of hydrogen-bond acceptors (Lipinski definition) is 6. The lowest BCUT2D eigenvalue weighted by atomic mass is 10.0. The van der Waals surface area contributed by atoms with Gasteiger partial charge in [-0.2, -0.15) is 0 Å². The number of nitrogens with one attached hydrogen (secondary N) is 2. The fourth-order valence-electron chi connectivity index (χ4n) is 3.85. The number of amidine groups is 1. The zero-order chi connectivity index (χ0) is 26.3. The van der Waals surface area contributed by atoms with E-state index in [1.807, 2.05) is 34.0 Å². The van der Waals surface area contributed by atoms with Crippen LogP contribution in [0.3, 0.4) is 0 Å². The van der Waals surface area contributed by atoms with Crippen molar-refractivity contribution in [2.24, 2.45) is 9.98 Å². The molecule has 36 heavy (non-hydrogen) atoms. The number of nitrogens with zero attached hydrogens (tertiary/aromatic N) is 3. The molecule has 0 aromatic heterocycles. The third-order valence-electron chi connectivity index (χ3n) is 5.67. The molecule has 0 radical (unpaired) electrons. The fraction of sp³-hybridized carbons (Fsp3) is 0.448. The van der Waals surface area contributed by atoms with Gasteiger partial charge in [-0.1, -0.05) is 33.8 Å². The van der Waals surface area contributed by atoms with Crippen LogP contribution in [0.1, 0.15) is 59.4 Å². The van der Waals surface area contributed by atoms with Gasteiger partial charge in [0.15, 0.2) is 0 Å². The second-order valence-electron chi connectivity index (χ2n) is 8.07. The van der Waals surface area contributed by atoms with Crippen molar-refractivity contribution in [1.29, 1.82) is 0 Å².